The molecule has 0 amide bonds. The van der Waals surface area contributed by atoms with E-state index >= 15 is 0 Å². The predicted octanol–water partition coefficient (Wildman–Crippen LogP) is 0.722. The first kappa shape index (κ1) is 5.40. The molecule has 5 heavy (non-hydrogen) atoms. The summed E-state index contributed by atoms with van der Waals surface area (Å²) in [4.78, 5) is 0. The van der Waals surface area contributed by atoms with Gasteiger partial charge in [0.25, 0.3) is 0 Å². The maximum Gasteiger partial charge on any atom is 0.191 e. The average molecular weight is 184 g/mol. The normalized spacial score (nSPS) is 7.60. The Balaban J connectivity index is 2.85. The van der Waals surface area contributed by atoms with Crippen molar-refractivity contribution in [2.24, 2.45) is 0 Å². The molecule has 0 unspecified atom stereocenters. The highest BCUT2D eigenvalue weighted by Gasteiger charge is 1.74. The van der Waals surface area contributed by atoms with Crippen LogP contribution in [0.2, 0.25) is 0 Å². The summed E-state index contributed by atoms with van der Waals surface area (Å²) < 4.78 is 2.86. The molecule has 0 radical (unpaired) electrons. The highest BCUT2D eigenvalue weighted by atomic mass is 127. The zero-order chi connectivity index (χ0) is 4.28. The molecule has 0 spiro atoms. The molecule has 0 saturated carbocycles. The predicted molar refractivity (Wildman–Crippen MR) is 32.2 cm³/mol. The molecule has 0 aliphatic carbocycles. The van der Waals surface area contributed by atoms with E-state index in [9.17, 15) is 0 Å². The van der Waals surface area contributed by atoms with Gasteiger partial charge >= 0.3 is 0 Å². The first-order chi connectivity index (χ1) is 2.27. The molecule has 0 aromatic heterocycles. The minimum Gasteiger partial charge on any atom is -0.236 e. The minimum atomic E-state index is 0.998. The number of hydrogen-bond donors (Lipinski definition) is 0. The van der Waals surface area contributed by atoms with Crippen LogP contribution < -0.4 is 0 Å². The largest absolute Gasteiger partial charge is 0.236 e. The first-order valence-electron chi connectivity index (χ1n) is 1.35. The van der Waals surface area contributed by atoms with Crippen LogP contribution in [0, 0.1) is 0 Å². The van der Waals surface area contributed by atoms with Gasteiger partial charge in [0.1, 0.15) is 13.8 Å². The minimum absolute atomic E-state index is 0.998. The van der Waals surface area contributed by atoms with Crippen molar-refractivity contribution >= 4 is 29.3 Å². The van der Waals surface area contributed by atoms with E-state index in [1.54, 1.807) is 0 Å². The van der Waals surface area contributed by atoms with Crippen LogP contribution in [0.3, 0.4) is 0 Å². The maximum absolute atomic E-state index is 3.58. The molecule has 0 aliphatic heterocycles. The zero-order valence-electron chi connectivity index (χ0n) is 3.24. The second kappa shape index (κ2) is 2.63. The van der Waals surface area contributed by atoms with Crippen LogP contribution in [0.1, 0.15) is 0 Å². The standard InChI is InChI=1S/C3H7IN/c1-5(2)3-4/h1,3H2,2H3/q+1. The summed E-state index contributed by atoms with van der Waals surface area (Å²) in [5, 5.41) is 0. The van der Waals surface area contributed by atoms with Gasteiger partial charge in [0.15, 0.2) is 4.55 Å². The van der Waals surface area contributed by atoms with Gasteiger partial charge in [0, 0.05) is 0 Å². The Morgan fingerprint density at radius 3 is 2.20 bits per heavy atom. The molecule has 0 aromatic carbocycles. The van der Waals surface area contributed by atoms with Crippen molar-refractivity contribution in [1.82, 2.24) is 0 Å². The lowest BCUT2D eigenvalue weighted by Gasteiger charge is -1.76. The van der Waals surface area contributed by atoms with Crippen LogP contribution in [0.15, 0.2) is 0 Å². The van der Waals surface area contributed by atoms with Gasteiger partial charge in [-0.15, -0.1) is 0 Å². The Morgan fingerprint density at radius 2 is 2.20 bits per heavy atom. The van der Waals surface area contributed by atoms with Gasteiger partial charge in [0.05, 0.1) is 0 Å². The third kappa shape index (κ3) is 4.40. The van der Waals surface area contributed by atoms with Crippen LogP contribution >= 0.6 is 22.6 Å². The summed E-state index contributed by atoms with van der Waals surface area (Å²) in [6, 6.07) is 0. The highest BCUT2D eigenvalue weighted by Crippen LogP contribution is 1.74. The Morgan fingerprint density at radius 1 is 2.00 bits per heavy atom. The molecular formula is C3H7IN+. The lowest BCUT2D eigenvalue weighted by molar-refractivity contribution is -0.460. The van der Waals surface area contributed by atoms with Gasteiger partial charge in [-0.3, -0.25) is 0 Å². The topological polar surface area (TPSA) is 3.01 Å². The number of alkyl halides is 1. The Kier molecular flexibility index (Phi) is 2.84. The molecule has 30 valence electrons. The fourth-order valence-electron chi connectivity index (χ4n) is 0. The molecule has 0 heterocycles. The molecule has 0 fully saturated rings. The zero-order valence-corrected chi connectivity index (χ0v) is 5.40. The highest BCUT2D eigenvalue weighted by molar-refractivity contribution is 14.1. The molecular weight excluding hydrogens is 177 g/mol. The molecule has 0 bridgehead atoms. The van der Waals surface area contributed by atoms with Crippen LogP contribution in [-0.4, -0.2) is 22.9 Å². The van der Waals surface area contributed by atoms with Gasteiger partial charge in [-0.05, 0) is 22.6 Å². The van der Waals surface area contributed by atoms with Gasteiger partial charge in [-0.2, -0.15) is 0 Å². The number of rotatable bonds is 1. The summed E-state index contributed by atoms with van der Waals surface area (Å²) in [5.74, 6) is 0. The SMILES string of the molecule is C=[N+](C)CI. The summed E-state index contributed by atoms with van der Waals surface area (Å²) in [5.41, 5.74) is 0. The van der Waals surface area contributed by atoms with Crippen LogP contribution in [-0.2, 0) is 0 Å². The maximum atomic E-state index is 3.58. The number of halogens is 1. The summed E-state index contributed by atoms with van der Waals surface area (Å²) in [6.45, 7) is 3.58. The smallest absolute Gasteiger partial charge is 0.191 e. The first-order valence-corrected chi connectivity index (χ1v) is 2.87. The third-order valence-corrected chi connectivity index (χ3v) is 1.37. The fourth-order valence-corrected chi connectivity index (χ4v) is 0. The quantitative estimate of drug-likeness (QED) is 0.186. The van der Waals surface area contributed by atoms with Gasteiger partial charge in [-0.1, -0.05) is 0 Å². The van der Waals surface area contributed by atoms with E-state index in [4.69, 9.17) is 0 Å². The molecule has 0 aliphatic rings. The van der Waals surface area contributed by atoms with E-state index in [1.165, 1.54) is 0 Å². The average Bonchev–Trinajstić information content (AvgIpc) is 1.38. The number of nitrogens with zero attached hydrogens (tertiary/aromatic N) is 1. The molecule has 0 saturated heterocycles. The van der Waals surface area contributed by atoms with E-state index in [1.807, 2.05) is 11.6 Å². The lowest BCUT2D eigenvalue weighted by atomic mass is 11.1. The monoisotopic (exact) mass is 184 g/mol. The van der Waals surface area contributed by atoms with Crippen molar-refractivity contribution in [2.45, 2.75) is 0 Å². The van der Waals surface area contributed by atoms with Crippen LogP contribution in [0.4, 0.5) is 0 Å². The molecule has 0 rings (SSSR count). The van der Waals surface area contributed by atoms with Gasteiger partial charge in [0.2, 0.25) is 0 Å². The Bertz CT molecular complexity index is 42.2. The molecule has 0 N–H and O–H groups in total. The van der Waals surface area contributed by atoms with E-state index < -0.39 is 0 Å². The van der Waals surface area contributed by atoms with Crippen LogP contribution in [0.25, 0.3) is 0 Å². The number of hydrogen-bond acceptors (Lipinski definition) is 0. The van der Waals surface area contributed by atoms with Crippen molar-refractivity contribution in [3.63, 3.8) is 0 Å². The molecule has 0 aromatic rings. The van der Waals surface area contributed by atoms with Crippen molar-refractivity contribution in [2.75, 3.05) is 11.6 Å². The molecule has 2 heteroatoms. The van der Waals surface area contributed by atoms with Crippen molar-refractivity contribution in [3.05, 3.63) is 0 Å². The van der Waals surface area contributed by atoms with E-state index in [-0.39, 0.29) is 0 Å². The Labute approximate surface area is 45.8 Å². The summed E-state index contributed by atoms with van der Waals surface area (Å²) >= 11 is 2.24. The van der Waals surface area contributed by atoms with Crippen molar-refractivity contribution < 1.29 is 4.58 Å². The van der Waals surface area contributed by atoms with Gasteiger partial charge in [-0.25, -0.2) is 4.58 Å². The molecule has 1 nitrogen and oxygen atoms in total. The molecule has 0 atom stereocenters. The fraction of sp³-hybridized carbons (Fsp3) is 0.667. The summed E-state index contributed by atoms with van der Waals surface area (Å²) in [7, 11) is 1.94. The van der Waals surface area contributed by atoms with Crippen LogP contribution in [0.5, 0.6) is 0 Å². The second-order valence-corrected chi connectivity index (χ2v) is 1.66. The van der Waals surface area contributed by atoms with E-state index in [2.05, 4.69) is 29.3 Å². The Hall–Kier alpha value is 0.400. The van der Waals surface area contributed by atoms with Crippen molar-refractivity contribution in [3.8, 4) is 0 Å². The van der Waals surface area contributed by atoms with E-state index in [0.29, 0.717) is 0 Å². The van der Waals surface area contributed by atoms with Gasteiger partial charge < -0.3 is 0 Å². The third-order valence-electron chi connectivity index (χ3n) is 0.204. The summed E-state index contributed by atoms with van der Waals surface area (Å²) in [6.07, 6.45) is 0. The second-order valence-electron chi connectivity index (χ2n) is 0.976. The van der Waals surface area contributed by atoms with E-state index in [0.717, 1.165) is 4.55 Å². The lowest BCUT2D eigenvalue weighted by Crippen LogP contribution is -1.94. The van der Waals surface area contributed by atoms with Crippen molar-refractivity contribution in [1.29, 1.82) is 0 Å².